The summed E-state index contributed by atoms with van der Waals surface area (Å²) in [7, 11) is 1.79. The number of hydrogen-bond acceptors (Lipinski definition) is 2. The summed E-state index contributed by atoms with van der Waals surface area (Å²) in [6.07, 6.45) is 4.86. The Bertz CT molecular complexity index is 168. The molecule has 0 aliphatic rings. The zero-order chi connectivity index (χ0) is 7.98. The molecule has 0 rings (SSSR count). The molecule has 2 heteroatoms. The second-order valence-corrected chi connectivity index (χ2v) is 1.78. The van der Waals surface area contributed by atoms with Crippen LogP contribution >= 0.6 is 0 Å². The van der Waals surface area contributed by atoms with Gasteiger partial charge in [-0.25, -0.2) is 0 Å². The lowest BCUT2D eigenvalue weighted by atomic mass is 10.3. The van der Waals surface area contributed by atoms with Gasteiger partial charge in [0.05, 0.1) is 6.21 Å². The van der Waals surface area contributed by atoms with Gasteiger partial charge >= 0.3 is 0 Å². The first-order chi connectivity index (χ1) is 4.70. The molecule has 0 aliphatic heterocycles. The van der Waals surface area contributed by atoms with Gasteiger partial charge in [-0.3, -0.25) is 5.01 Å². The van der Waals surface area contributed by atoms with E-state index in [4.69, 9.17) is 0 Å². The summed E-state index contributed by atoms with van der Waals surface area (Å²) in [5.41, 5.74) is 0.786. The molecule has 54 valence electrons. The molecule has 0 unspecified atom stereocenters. The standard InChI is InChI=1S/C8H12N2/c1-5-8(3)7-9-10(4)6-2/h5-7H,1-3H2,4H3/b9-7-. The van der Waals surface area contributed by atoms with Gasteiger partial charge in [-0.2, -0.15) is 5.10 Å². The minimum atomic E-state index is 0.786. The fourth-order valence-corrected chi connectivity index (χ4v) is 0.265. The van der Waals surface area contributed by atoms with E-state index in [2.05, 4.69) is 24.8 Å². The average molecular weight is 136 g/mol. The third kappa shape index (κ3) is 3.66. The summed E-state index contributed by atoms with van der Waals surface area (Å²) in [6.45, 7) is 10.7. The topological polar surface area (TPSA) is 15.6 Å². The Hall–Kier alpha value is -1.31. The quantitative estimate of drug-likeness (QED) is 0.327. The lowest BCUT2D eigenvalue weighted by Gasteiger charge is -2.02. The highest BCUT2D eigenvalue weighted by atomic mass is 15.4. The minimum absolute atomic E-state index is 0.786. The predicted octanol–water partition coefficient (Wildman–Crippen LogP) is 1.79. The first-order valence-corrected chi connectivity index (χ1v) is 2.91. The monoisotopic (exact) mass is 136 g/mol. The molecule has 0 fully saturated rings. The zero-order valence-electron chi connectivity index (χ0n) is 6.25. The number of hydrazone groups is 1. The van der Waals surface area contributed by atoms with Crippen molar-refractivity contribution in [3.05, 3.63) is 37.6 Å². The van der Waals surface area contributed by atoms with Crippen molar-refractivity contribution < 1.29 is 0 Å². The Morgan fingerprint density at radius 3 is 2.50 bits per heavy atom. The van der Waals surface area contributed by atoms with Crippen LogP contribution in [0.25, 0.3) is 0 Å². The molecule has 0 aromatic heterocycles. The second-order valence-electron chi connectivity index (χ2n) is 1.78. The van der Waals surface area contributed by atoms with E-state index < -0.39 is 0 Å². The van der Waals surface area contributed by atoms with Crippen molar-refractivity contribution in [1.29, 1.82) is 0 Å². The summed E-state index contributed by atoms with van der Waals surface area (Å²) in [5, 5.41) is 5.52. The van der Waals surface area contributed by atoms with E-state index in [1.807, 2.05) is 0 Å². The molecule has 0 amide bonds. The third-order valence-electron chi connectivity index (χ3n) is 0.932. The molecule has 0 aromatic rings. The van der Waals surface area contributed by atoms with Crippen LogP contribution in [0, 0.1) is 0 Å². The van der Waals surface area contributed by atoms with E-state index >= 15 is 0 Å². The van der Waals surface area contributed by atoms with E-state index in [9.17, 15) is 0 Å². The van der Waals surface area contributed by atoms with Crippen molar-refractivity contribution in [3.63, 3.8) is 0 Å². The molecular formula is C8H12N2. The number of nitrogens with zero attached hydrogens (tertiary/aromatic N) is 2. The Morgan fingerprint density at radius 2 is 2.10 bits per heavy atom. The van der Waals surface area contributed by atoms with Crippen molar-refractivity contribution in [2.24, 2.45) is 5.10 Å². The molecule has 0 radical (unpaired) electrons. The lowest BCUT2D eigenvalue weighted by molar-refractivity contribution is 0.495. The summed E-state index contributed by atoms with van der Waals surface area (Å²) in [5.74, 6) is 0. The Labute approximate surface area is 61.9 Å². The fraction of sp³-hybridized carbons (Fsp3) is 0.125. The highest BCUT2D eigenvalue weighted by Crippen LogP contribution is 1.87. The van der Waals surface area contributed by atoms with E-state index in [1.54, 1.807) is 30.5 Å². The molecule has 0 aliphatic carbocycles. The number of allylic oxidation sites excluding steroid dienone is 2. The van der Waals surface area contributed by atoms with Crippen LogP contribution in [0.2, 0.25) is 0 Å². The van der Waals surface area contributed by atoms with E-state index in [0.717, 1.165) is 5.57 Å². The van der Waals surface area contributed by atoms with E-state index in [-0.39, 0.29) is 0 Å². The van der Waals surface area contributed by atoms with Gasteiger partial charge in [0.1, 0.15) is 0 Å². The summed E-state index contributed by atoms with van der Waals surface area (Å²) >= 11 is 0. The van der Waals surface area contributed by atoms with Crippen LogP contribution < -0.4 is 0 Å². The maximum atomic E-state index is 3.93. The maximum absolute atomic E-state index is 3.93. The van der Waals surface area contributed by atoms with Gasteiger partial charge in [-0.1, -0.05) is 25.8 Å². The van der Waals surface area contributed by atoms with Crippen LogP contribution in [-0.4, -0.2) is 18.3 Å². The fourth-order valence-electron chi connectivity index (χ4n) is 0.265. The van der Waals surface area contributed by atoms with Crippen LogP contribution in [0.4, 0.5) is 0 Å². The molecule has 0 saturated carbocycles. The van der Waals surface area contributed by atoms with Gasteiger partial charge in [-0.05, 0) is 5.57 Å². The average Bonchev–Trinajstić information content (AvgIpc) is 1.99. The number of rotatable bonds is 4. The van der Waals surface area contributed by atoms with Gasteiger partial charge in [0.15, 0.2) is 0 Å². The van der Waals surface area contributed by atoms with Gasteiger partial charge in [0.2, 0.25) is 0 Å². The van der Waals surface area contributed by atoms with Gasteiger partial charge in [-0.15, -0.1) is 0 Å². The highest BCUT2D eigenvalue weighted by molar-refractivity contribution is 5.80. The Morgan fingerprint density at radius 1 is 1.50 bits per heavy atom. The van der Waals surface area contributed by atoms with E-state index in [1.165, 1.54) is 0 Å². The van der Waals surface area contributed by atoms with Crippen molar-refractivity contribution in [1.82, 2.24) is 5.01 Å². The molecule has 10 heavy (non-hydrogen) atoms. The van der Waals surface area contributed by atoms with Crippen molar-refractivity contribution in [2.75, 3.05) is 7.05 Å². The lowest BCUT2D eigenvalue weighted by Crippen LogP contribution is -1.99. The van der Waals surface area contributed by atoms with Crippen molar-refractivity contribution in [2.45, 2.75) is 0 Å². The van der Waals surface area contributed by atoms with Crippen LogP contribution in [0.15, 0.2) is 42.7 Å². The van der Waals surface area contributed by atoms with Gasteiger partial charge < -0.3 is 0 Å². The largest absolute Gasteiger partial charge is 0.276 e. The molecule has 0 aromatic carbocycles. The normalized spacial score (nSPS) is 9.30. The van der Waals surface area contributed by atoms with Crippen molar-refractivity contribution in [3.8, 4) is 0 Å². The predicted molar refractivity (Wildman–Crippen MR) is 45.8 cm³/mol. The molecule has 0 heterocycles. The van der Waals surface area contributed by atoms with Gasteiger partial charge in [0.25, 0.3) is 0 Å². The van der Waals surface area contributed by atoms with Crippen LogP contribution in [0.1, 0.15) is 0 Å². The Kier molecular flexibility index (Phi) is 3.96. The van der Waals surface area contributed by atoms with Crippen LogP contribution in [0.3, 0.4) is 0 Å². The SMILES string of the molecule is C=CC(=C)/C=N\N(C)C=C. The summed E-state index contributed by atoms with van der Waals surface area (Å²) in [4.78, 5) is 0. The molecule has 0 spiro atoms. The second kappa shape index (κ2) is 4.56. The summed E-state index contributed by atoms with van der Waals surface area (Å²) in [6, 6.07) is 0. The van der Waals surface area contributed by atoms with Crippen LogP contribution in [-0.2, 0) is 0 Å². The molecule has 2 nitrogen and oxygen atoms in total. The van der Waals surface area contributed by atoms with E-state index in [0.29, 0.717) is 0 Å². The molecule has 0 bridgehead atoms. The van der Waals surface area contributed by atoms with Crippen molar-refractivity contribution >= 4 is 6.21 Å². The van der Waals surface area contributed by atoms with Gasteiger partial charge in [0, 0.05) is 13.2 Å². The highest BCUT2D eigenvalue weighted by Gasteiger charge is 1.80. The van der Waals surface area contributed by atoms with Crippen LogP contribution in [0.5, 0.6) is 0 Å². The zero-order valence-corrected chi connectivity index (χ0v) is 6.25. The Balaban J connectivity index is 3.85. The molecule has 0 N–H and O–H groups in total. The first kappa shape index (κ1) is 8.69. The minimum Gasteiger partial charge on any atom is -0.276 e. The molecule has 0 atom stereocenters. The third-order valence-corrected chi connectivity index (χ3v) is 0.932. The molecular weight excluding hydrogens is 124 g/mol. The molecule has 0 saturated heterocycles. The smallest absolute Gasteiger partial charge is 0.0540 e. The number of hydrogen-bond donors (Lipinski definition) is 0. The maximum Gasteiger partial charge on any atom is 0.0540 e. The summed E-state index contributed by atoms with van der Waals surface area (Å²) < 4.78 is 0. The first-order valence-electron chi connectivity index (χ1n) is 2.91.